The van der Waals surface area contributed by atoms with Crippen molar-refractivity contribution in [3.05, 3.63) is 0 Å². The van der Waals surface area contributed by atoms with Gasteiger partial charge in [0.25, 0.3) is 0 Å². The van der Waals surface area contributed by atoms with Crippen molar-refractivity contribution in [3.63, 3.8) is 0 Å². The molecular formula is C10H19NO2. The van der Waals surface area contributed by atoms with Crippen LogP contribution in [0.5, 0.6) is 0 Å². The Morgan fingerprint density at radius 1 is 1.46 bits per heavy atom. The second-order valence-electron chi connectivity index (χ2n) is 3.83. The zero-order valence-corrected chi connectivity index (χ0v) is 8.25. The molecule has 0 unspecified atom stereocenters. The third kappa shape index (κ3) is 3.35. The van der Waals surface area contributed by atoms with Crippen LogP contribution in [-0.4, -0.2) is 23.2 Å². The quantitative estimate of drug-likeness (QED) is 0.704. The van der Waals surface area contributed by atoms with E-state index in [2.05, 4.69) is 12.2 Å². The monoisotopic (exact) mass is 185 g/mol. The van der Waals surface area contributed by atoms with Gasteiger partial charge >= 0.3 is 5.97 Å². The van der Waals surface area contributed by atoms with Gasteiger partial charge in [-0.3, -0.25) is 4.79 Å². The summed E-state index contributed by atoms with van der Waals surface area (Å²) in [5, 5.41) is 12.1. The number of hydrogen-bond donors (Lipinski definition) is 2. The largest absolute Gasteiger partial charge is 0.480 e. The van der Waals surface area contributed by atoms with Crippen molar-refractivity contribution in [2.45, 2.75) is 57.5 Å². The summed E-state index contributed by atoms with van der Waals surface area (Å²) in [5.74, 6) is -0.692. The van der Waals surface area contributed by atoms with E-state index in [9.17, 15) is 4.79 Å². The summed E-state index contributed by atoms with van der Waals surface area (Å²) < 4.78 is 0. The van der Waals surface area contributed by atoms with Crippen LogP contribution in [0.2, 0.25) is 0 Å². The molecule has 3 heteroatoms. The van der Waals surface area contributed by atoms with Crippen LogP contribution in [0, 0.1) is 0 Å². The van der Waals surface area contributed by atoms with Gasteiger partial charge in [-0.15, -0.1) is 0 Å². The van der Waals surface area contributed by atoms with E-state index in [1.807, 2.05) is 0 Å². The number of aliphatic carboxylic acids is 1. The molecule has 0 radical (unpaired) electrons. The third-order valence-corrected chi connectivity index (χ3v) is 2.67. The van der Waals surface area contributed by atoms with Crippen molar-refractivity contribution in [3.8, 4) is 0 Å². The highest BCUT2D eigenvalue weighted by atomic mass is 16.4. The Labute approximate surface area is 79.5 Å². The molecule has 2 N–H and O–H groups in total. The average molecular weight is 185 g/mol. The van der Waals surface area contributed by atoms with Crippen molar-refractivity contribution in [2.24, 2.45) is 0 Å². The summed E-state index contributed by atoms with van der Waals surface area (Å²) in [5.41, 5.74) is 0. The van der Waals surface area contributed by atoms with E-state index in [1.54, 1.807) is 0 Å². The molecule has 1 saturated heterocycles. The predicted octanol–water partition coefficient (Wildman–Crippen LogP) is 1.77. The highest BCUT2D eigenvalue weighted by molar-refractivity contribution is 5.73. The van der Waals surface area contributed by atoms with Gasteiger partial charge in [-0.05, 0) is 19.3 Å². The van der Waals surface area contributed by atoms with E-state index >= 15 is 0 Å². The Hall–Kier alpha value is -0.570. The average Bonchev–Trinajstić information content (AvgIpc) is 2.30. The van der Waals surface area contributed by atoms with E-state index in [0.717, 1.165) is 32.1 Å². The second kappa shape index (κ2) is 5.22. The third-order valence-electron chi connectivity index (χ3n) is 2.67. The fourth-order valence-electron chi connectivity index (χ4n) is 1.96. The molecule has 2 atom stereocenters. The van der Waals surface area contributed by atoms with Crippen molar-refractivity contribution < 1.29 is 9.90 Å². The van der Waals surface area contributed by atoms with E-state index in [1.165, 1.54) is 6.42 Å². The molecule has 1 aliphatic rings. The van der Waals surface area contributed by atoms with Crippen LogP contribution in [0.15, 0.2) is 0 Å². The summed E-state index contributed by atoms with van der Waals surface area (Å²) in [7, 11) is 0. The van der Waals surface area contributed by atoms with Gasteiger partial charge in [0.05, 0.1) is 0 Å². The van der Waals surface area contributed by atoms with Gasteiger partial charge in [-0.25, -0.2) is 0 Å². The molecule has 3 nitrogen and oxygen atoms in total. The number of carboxylic acids is 1. The zero-order chi connectivity index (χ0) is 9.68. The molecule has 1 rings (SSSR count). The topological polar surface area (TPSA) is 49.3 Å². The molecule has 0 saturated carbocycles. The number of hydrogen-bond acceptors (Lipinski definition) is 2. The van der Waals surface area contributed by atoms with Crippen molar-refractivity contribution >= 4 is 5.97 Å². The molecule has 0 amide bonds. The van der Waals surface area contributed by atoms with Gasteiger partial charge in [0.15, 0.2) is 0 Å². The van der Waals surface area contributed by atoms with Crippen LogP contribution >= 0.6 is 0 Å². The number of carboxylic acid groups (broad SMARTS) is 1. The van der Waals surface area contributed by atoms with E-state index < -0.39 is 5.97 Å². The highest BCUT2D eigenvalue weighted by Crippen LogP contribution is 2.16. The Balaban J connectivity index is 2.44. The van der Waals surface area contributed by atoms with Gasteiger partial charge in [-0.2, -0.15) is 0 Å². The lowest BCUT2D eigenvalue weighted by Gasteiger charge is -2.18. The second-order valence-corrected chi connectivity index (χ2v) is 3.83. The first-order valence-corrected chi connectivity index (χ1v) is 5.23. The maximum absolute atomic E-state index is 10.8. The molecule has 0 spiro atoms. The summed E-state index contributed by atoms with van der Waals surface area (Å²) in [6.45, 7) is 2.14. The van der Waals surface area contributed by atoms with Gasteiger partial charge in [0.1, 0.15) is 6.04 Å². The molecule has 0 aromatic heterocycles. The van der Waals surface area contributed by atoms with Crippen LogP contribution < -0.4 is 5.32 Å². The lowest BCUT2D eigenvalue weighted by molar-refractivity contribution is -0.139. The Bertz CT molecular complexity index is 170. The molecule has 0 bridgehead atoms. The number of nitrogens with one attached hydrogen (secondary N) is 1. The molecule has 1 aliphatic heterocycles. The number of carbonyl (C=O) groups is 1. The normalized spacial score (nSPS) is 29.6. The SMILES string of the molecule is CCC[C@@H]1CCCC[C@H](C(=O)O)N1. The van der Waals surface area contributed by atoms with Crippen LogP contribution in [0.4, 0.5) is 0 Å². The fraction of sp³-hybridized carbons (Fsp3) is 0.900. The standard InChI is InChI=1S/C10H19NO2/c1-2-5-8-6-3-4-7-9(11-8)10(12)13/h8-9,11H,2-7H2,1H3,(H,12,13)/t8-,9-/m1/s1. The minimum absolute atomic E-state index is 0.306. The minimum atomic E-state index is -0.692. The molecule has 1 fully saturated rings. The van der Waals surface area contributed by atoms with Gasteiger partial charge < -0.3 is 10.4 Å². The molecular weight excluding hydrogens is 166 g/mol. The maximum atomic E-state index is 10.8. The first-order chi connectivity index (χ1) is 6.24. The summed E-state index contributed by atoms with van der Waals surface area (Å²) >= 11 is 0. The first-order valence-electron chi connectivity index (χ1n) is 5.23. The zero-order valence-electron chi connectivity index (χ0n) is 8.25. The Morgan fingerprint density at radius 2 is 2.15 bits per heavy atom. The van der Waals surface area contributed by atoms with Crippen LogP contribution in [0.1, 0.15) is 45.4 Å². The maximum Gasteiger partial charge on any atom is 0.320 e. The summed E-state index contributed by atoms with van der Waals surface area (Å²) in [6, 6.07) is 0.118. The lowest BCUT2D eigenvalue weighted by atomic mass is 10.1. The van der Waals surface area contributed by atoms with Gasteiger partial charge in [0.2, 0.25) is 0 Å². The molecule has 13 heavy (non-hydrogen) atoms. The Morgan fingerprint density at radius 3 is 2.77 bits per heavy atom. The summed E-state index contributed by atoms with van der Waals surface area (Å²) in [6.07, 6.45) is 6.37. The minimum Gasteiger partial charge on any atom is -0.480 e. The predicted molar refractivity (Wildman–Crippen MR) is 51.7 cm³/mol. The van der Waals surface area contributed by atoms with Gasteiger partial charge in [0, 0.05) is 6.04 Å². The first kappa shape index (κ1) is 10.5. The van der Waals surface area contributed by atoms with Gasteiger partial charge in [-0.1, -0.05) is 26.2 Å². The highest BCUT2D eigenvalue weighted by Gasteiger charge is 2.23. The van der Waals surface area contributed by atoms with E-state index in [4.69, 9.17) is 5.11 Å². The smallest absolute Gasteiger partial charge is 0.320 e. The van der Waals surface area contributed by atoms with Crippen LogP contribution in [0.25, 0.3) is 0 Å². The van der Waals surface area contributed by atoms with E-state index in [-0.39, 0.29) is 6.04 Å². The molecule has 1 heterocycles. The fourth-order valence-corrected chi connectivity index (χ4v) is 1.96. The molecule has 0 aliphatic carbocycles. The van der Waals surface area contributed by atoms with Crippen LogP contribution in [-0.2, 0) is 4.79 Å². The molecule has 76 valence electrons. The summed E-state index contributed by atoms with van der Waals surface area (Å²) in [4.78, 5) is 10.8. The molecule has 0 aromatic rings. The van der Waals surface area contributed by atoms with Crippen molar-refractivity contribution in [1.29, 1.82) is 0 Å². The molecule has 0 aromatic carbocycles. The number of rotatable bonds is 3. The van der Waals surface area contributed by atoms with Crippen molar-refractivity contribution in [1.82, 2.24) is 5.32 Å². The lowest BCUT2D eigenvalue weighted by Crippen LogP contribution is -2.41. The van der Waals surface area contributed by atoms with E-state index in [0.29, 0.717) is 6.04 Å². The van der Waals surface area contributed by atoms with Crippen molar-refractivity contribution in [2.75, 3.05) is 0 Å². The van der Waals surface area contributed by atoms with Crippen LogP contribution in [0.3, 0.4) is 0 Å². The Kier molecular flexibility index (Phi) is 4.22.